The van der Waals surface area contributed by atoms with Gasteiger partial charge in [0.15, 0.2) is 6.61 Å². The molecule has 2 rings (SSSR count). The molecule has 5 nitrogen and oxygen atoms in total. The summed E-state index contributed by atoms with van der Waals surface area (Å²) in [5, 5.41) is 2.29. The number of anilines is 1. The van der Waals surface area contributed by atoms with Crippen molar-refractivity contribution in [3.63, 3.8) is 0 Å². The predicted octanol–water partition coefficient (Wildman–Crippen LogP) is 2.72. The fourth-order valence-electron chi connectivity index (χ4n) is 1.85. The quantitative estimate of drug-likeness (QED) is 0.638. The first kappa shape index (κ1) is 18.5. The number of likely N-dealkylation sites (N-methyl/N-ethyl adjacent to an activating group) is 1. The molecule has 1 amide bonds. The number of carbonyl (C=O) groups is 1. The number of nitrogens with zero attached hydrogens (tertiary/aromatic N) is 2. The Morgan fingerprint density at radius 2 is 1.80 bits per heavy atom. The van der Waals surface area contributed by atoms with Crippen molar-refractivity contribution in [2.45, 2.75) is 6.54 Å². The van der Waals surface area contributed by atoms with E-state index in [1.54, 1.807) is 32.3 Å². The van der Waals surface area contributed by atoms with Gasteiger partial charge >= 0.3 is 0 Å². The number of amides is 1. The van der Waals surface area contributed by atoms with E-state index in [9.17, 15) is 22.4 Å². The van der Waals surface area contributed by atoms with Crippen LogP contribution in [0.4, 0.5) is 23.2 Å². The third-order valence-corrected chi connectivity index (χ3v) is 3.23. The lowest BCUT2D eigenvalue weighted by Gasteiger charge is -2.13. The van der Waals surface area contributed by atoms with Gasteiger partial charge in [0.25, 0.3) is 17.8 Å². The molecule has 0 saturated heterocycles. The third-order valence-electron chi connectivity index (χ3n) is 3.23. The average molecular weight is 357 g/mol. The maximum Gasteiger partial charge on any atom is 0.259 e. The van der Waals surface area contributed by atoms with Crippen molar-refractivity contribution in [1.82, 2.24) is 9.88 Å². The topological polar surface area (TPSA) is 54.5 Å². The van der Waals surface area contributed by atoms with E-state index in [4.69, 9.17) is 4.74 Å². The first-order valence-corrected chi connectivity index (χ1v) is 7.15. The zero-order valence-corrected chi connectivity index (χ0v) is 13.4. The van der Waals surface area contributed by atoms with E-state index >= 15 is 0 Å². The molecule has 0 atom stereocenters. The normalized spacial score (nSPS) is 10.5. The second-order valence-electron chi connectivity index (χ2n) is 5.27. The van der Waals surface area contributed by atoms with Gasteiger partial charge in [-0.1, -0.05) is 12.1 Å². The molecule has 134 valence electrons. The maximum absolute atomic E-state index is 13.5. The van der Waals surface area contributed by atoms with Crippen molar-refractivity contribution in [1.29, 1.82) is 0 Å². The minimum atomic E-state index is -1.74. The summed E-state index contributed by atoms with van der Waals surface area (Å²) >= 11 is 0. The van der Waals surface area contributed by atoms with Crippen LogP contribution in [0.1, 0.15) is 5.56 Å². The van der Waals surface area contributed by atoms with E-state index in [1.165, 1.54) is 11.0 Å². The molecular formula is C16H15F4N3O2. The fraction of sp³-hybridized carbons (Fsp3) is 0.250. The van der Waals surface area contributed by atoms with E-state index in [1.807, 2.05) is 0 Å². The number of nitrogens with one attached hydrogen (secondary N) is 1. The maximum atomic E-state index is 13.5. The van der Waals surface area contributed by atoms with Crippen molar-refractivity contribution in [3.8, 4) is 5.75 Å². The highest BCUT2D eigenvalue weighted by Crippen LogP contribution is 2.23. The van der Waals surface area contributed by atoms with Crippen molar-refractivity contribution in [2.75, 3.05) is 26.0 Å². The van der Waals surface area contributed by atoms with Crippen LogP contribution in [0.2, 0.25) is 0 Å². The van der Waals surface area contributed by atoms with Crippen LogP contribution >= 0.6 is 0 Å². The van der Waals surface area contributed by atoms with Gasteiger partial charge in [-0.25, -0.2) is 0 Å². The number of hydrogen-bond donors (Lipinski definition) is 1. The van der Waals surface area contributed by atoms with Gasteiger partial charge < -0.3 is 15.0 Å². The Kier molecular flexibility index (Phi) is 5.79. The van der Waals surface area contributed by atoms with Crippen LogP contribution in [0.15, 0.2) is 24.3 Å². The molecule has 0 aliphatic heterocycles. The van der Waals surface area contributed by atoms with Crippen molar-refractivity contribution in [2.24, 2.45) is 0 Å². The Hall–Kier alpha value is -2.84. The molecule has 1 aromatic heterocycles. The van der Waals surface area contributed by atoms with Crippen molar-refractivity contribution >= 4 is 11.6 Å². The number of rotatable bonds is 6. The van der Waals surface area contributed by atoms with Gasteiger partial charge in [0, 0.05) is 20.6 Å². The molecule has 0 spiro atoms. The number of hydrogen-bond acceptors (Lipinski definition) is 4. The van der Waals surface area contributed by atoms with E-state index in [0.29, 0.717) is 11.3 Å². The number of ether oxygens (including phenoxy) is 1. The molecule has 1 heterocycles. The molecule has 0 bridgehead atoms. The van der Waals surface area contributed by atoms with Gasteiger partial charge in [-0.3, -0.25) is 4.79 Å². The number of benzene rings is 1. The van der Waals surface area contributed by atoms with Crippen LogP contribution in [0.25, 0.3) is 0 Å². The van der Waals surface area contributed by atoms with Gasteiger partial charge in [-0.15, -0.1) is 0 Å². The largest absolute Gasteiger partial charge is 0.484 e. The van der Waals surface area contributed by atoms with Gasteiger partial charge in [-0.05, 0) is 17.7 Å². The third kappa shape index (κ3) is 4.59. The van der Waals surface area contributed by atoms with Crippen molar-refractivity contribution in [3.05, 3.63) is 53.4 Å². The van der Waals surface area contributed by atoms with Gasteiger partial charge in [0.1, 0.15) is 11.4 Å². The highest BCUT2D eigenvalue weighted by molar-refractivity contribution is 5.77. The Labute approximate surface area is 141 Å². The lowest BCUT2D eigenvalue weighted by molar-refractivity contribution is -0.130. The monoisotopic (exact) mass is 357 g/mol. The fourth-order valence-corrected chi connectivity index (χ4v) is 1.85. The molecule has 25 heavy (non-hydrogen) atoms. The molecule has 9 heteroatoms. The summed E-state index contributed by atoms with van der Waals surface area (Å²) in [5.41, 5.74) is -0.426. The second-order valence-corrected chi connectivity index (χ2v) is 5.27. The van der Waals surface area contributed by atoms with Crippen LogP contribution in [0.5, 0.6) is 5.75 Å². The number of halogens is 4. The summed E-state index contributed by atoms with van der Waals surface area (Å²) in [6.45, 7) is -0.302. The smallest absolute Gasteiger partial charge is 0.259 e. The Morgan fingerprint density at radius 1 is 1.16 bits per heavy atom. The molecule has 0 fully saturated rings. The summed E-state index contributed by atoms with van der Waals surface area (Å²) in [6, 6.07) is 6.34. The first-order valence-electron chi connectivity index (χ1n) is 7.15. The van der Waals surface area contributed by atoms with E-state index in [-0.39, 0.29) is 19.1 Å². The van der Waals surface area contributed by atoms with Crippen LogP contribution in [-0.2, 0) is 11.3 Å². The Morgan fingerprint density at radius 3 is 2.40 bits per heavy atom. The minimum absolute atomic E-state index is 0.129. The number of pyridine rings is 1. The number of carbonyl (C=O) groups excluding carboxylic acids is 1. The summed E-state index contributed by atoms with van der Waals surface area (Å²) in [7, 11) is 3.17. The van der Waals surface area contributed by atoms with Crippen molar-refractivity contribution < 1.29 is 27.1 Å². The number of aromatic nitrogens is 1. The summed E-state index contributed by atoms with van der Waals surface area (Å²) in [6.07, 6.45) is 0. The standard InChI is InChI=1S/C16H15F4N3O2/c1-23(2)11(24)8-25-10-5-3-4-9(6-10)7-21-14-12(17)15(19)22-16(20)13(14)18/h3-6H,7-8H2,1-2H3,(H,21,22). The molecule has 0 aliphatic rings. The summed E-state index contributed by atoms with van der Waals surface area (Å²) in [4.78, 5) is 15.3. The lowest BCUT2D eigenvalue weighted by atomic mass is 10.2. The minimum Gasteiger partial charge on any atom is -0.484 e. The van der Waals surface area contributed by atoms with Gasteiger partial charge in [0.2, 0.25) is 11.6 Å². The molecule has 1 aromatic carbocycles. The molecule has 2 aromatic rings. The molecule has 1 N–H and O–H groups in total. The van der Waals surface area contributed by atoms with Crippen LogP contribution in [-0.4, -0.2) is 36.5 Å². The second kappa shape index (κ2) is 7.82. The van der Waals surface area contributed by atoms with E-state index in [2.05, 4.69) is 10.3 Å². The van der Waals surface area contributed by atoms with Crippen LogP contribution < -0.4 is 10.1 Å². The highest BCUT2D eigenvalue weighted by atomic mass is 19.2. The molecular weight excluding hydrogens is 342 g/mol. The average Bonchev–Trinajstić information content (AvgIpc) is 2.58. The lowest BCUT2D eigenvalue weighted by Crippen LogP contribution is -2.27. The Bertz CT molecular complexity index is 758. The molecule has 0 saturated carbocycles. The van der Waals surface area contributed by atoms with E-state index in [0.717, 1.165) is 0 Å². The van der Waals surface area contributed by atoms with Gasteiger partial charge in [-0.2, -0.15) is 22.5 Å². The predicted molar refractivity (Wildman–Crippen MR) is 82.0 cm³/mol. The SMILES string of the molecule is CN(C)C(=O)COc1cccc(CNc2c(F)c(F)nc(F)c2F)c1. The van der Waals surface area contributed by atoms with Crippen LogP contribution in [0, 0.1) is 23.5 Å². The summed E-state index contributed by atoms with van der Waals surface area (Å²) in [5.74, 6) is -6.56. The highest BCUT2D eigenvalue weighted by Gasteiger charge is 2.20. The van der Waals surface area contributed by atoms with Gasteiger partial charge in [0.05, 0.1) is 0 Å². The molecule has 0 radical (unpaired) electrons. The first-order chi connectivity index (χ1) is 11.8. The molecule has 0 unspecified atom stereocenters. The van der Waals surface area contributed by atoms with E-state index < -0.39 is 29.2 Å². The Balaban J connectivity index is 2.07. The zero-order chi connectivity index (χ0) is 18.6. The summed E-state index contributed by atoms with van der Waals surface area (Å²) < 4.78 is 58.5. The molecule has 0 aliphatic carbocycles. The zero-order valence-electron chi connectivity index (χ0n) is 13.4. The van der Waals surface area contributed by atoms with Crippen LogP contribution in [0.3, 0.4) is 0 Å².